The number of benzene rings is 1. The summed E-state index contributed by atoms with van der Waals surface area (Å²) in [5.41, 5.74) is 1.39. The Morgan fingerprint density at radius 2 is 1.76 bits per heavy atom. The van der Waals surface area contributed by atoms with Crippen LogP contribution in [0, 0.1) is 13.8 Å². The lowest BCUT2D eigenvalue weighted by molar-refractivity contribution is 0.329. The quantitative estimate of drug-likeness (QED) is 0.640. The van der Waals surface area contributed by atoms with Crippen LogP contribution in [0.5, 0.6) is 23.0 Å². The molecular formula is C16H21N2O6P. The van der Waals surface area contributed by atoms with Crippen molar-refractivity contribution >= 4 is 13.3 Å². The minimum atomic E-state index is -4.04. The summed E-state index contributed by atoms with van der Waals surface area (Å²) >= 11 is 0. The van der Waals surface area contributed by atoms with E-state index in [1.807, 2.05) is 0 Å². The van der Waals surface area contributed by atoms with Crippen LogP contribution in [0.1, 0.15) is 11.1 Å². The first-order valence-electron chi connectivity index (χ1n) is 7.40. The van der Waals surface area contributed by atoms with E-state index in [1.54, 1.807) is 32.2 Å². The molecule has 8 nitrogen and oxygen atoms in total. The summed E-state index contributed by atoms with van der Waals surface area (Å²) in [7, 11) is -1.29. The maximum Gasteiger partial charge on any atom is 0.395 e. The van der Waals surface area contributed by atoms with Crippen molar-refractivity contribution < 1.29 is 28.6 Å². The molecule has 0 bridgehead atoms. The molecule has 25 heavy (non-hydrogen) atoms. The van der Waals surface area contributed by atoms with Crippen LogP contribution < -0.4 is 19.3 Å². The van der Waals surface area contributed by atoms with Gasteiger partial charge in [0, 0.05) is 23.5 Å². The first kappa shape index (κ1) is 18.9. The Hall–Kier alpha value is -2.44. The average Bonchev–Trinajstić information content (AvgIpc) is 2.59. The number of phenolic OH excluding ortho intramolecular Hbond substituents is 1. The monoisotopic (exact) mass is 368 g/mol. The molecule has 9 heteroatoms. The zero-order valence-corrected chi connectivity index (χ0v) is 15.3. The molecule has 2 aromatic rings. The van der Waals surface area contributed by atoms with Gasteiger partial charge in [-0.2, -0.15) is 0 Å². The van der Waals surface area contributed by atoms with Crippen molar-refractivity contribution in [3.63, 3.8) is 0 Å². The van der Waals surface area contributed by atoms with E-state index in [9.17, 15) is 14.6 Å². The molecule has 0 saturated heterocycles. The number of rotatable bonds is 7. The highest BCUT2D eigenvalue weighted by Gasteiger charge is 2.28. The fraction of sp³-hybridized carbons (Fsp3) is 0.312. The van der Waals surface area contributed by atoms with Crippen molar-refractivity contribution in [3.05, 3.63) is 35.7 Å². The third-order valence-corrected chi connectivity index (χ3v) is 4.60. The van der Waals surface area contributed by atoms with Gasteiger partial charge < -0.3 is 29.3 Å². The van der Waals surface area contributed by atoms with Gasteiger partial charge in [0.15, 0.2) is 11.5 Å². The van der Waals surface area contributed by atoms with Gasteiger partial charge in [-0.3, -0.25) is 4.98 Å². The van der Waals surface area contributed by atoms with Crippen LogP contribution >= 0.6 is 7.60 Å². The fourth-order valence-corrected chi connectivity index (χ4v) is 3.42. The molecule has 1 aromatic carbocycles. The molecule has 0 fully saturated rings. The number of nitrogens with one attached hydrogen (secondary N) is 1. The van der Waals surface area contributed by atoms with Gasteiger partial charge >= 0.3 is 7.60 Å². The van der Waals surface area contributed by atoms with Crippen LogP contribution in [-0.4, -0.2) is 35.5 Å². The largest absolute Gasteiger partial charge is 0.502 e. The van der Waals surface area contributed by atoms with Crippen LogP contribution in [0.3, 0.4) is 0 Å². The maximum atomic E-state index is 12.5. The standard InChI is InChI=1S/C16H21N2O6P/c1-10-14(11(2)16(23-4)13(19)15(10)22-3)24-25(20,21)9-18-12-6-5-7-17-8-12/h5-8,18-19H,9H2,1-4H3,(H,20,21). The molecule has 0 radical (unpaired) electrons. The van der Waals surface area contributed by atoms with E-state index >= 15 is 0 Å². The Labute approximate surface area is 145 Å². The van der Waals surface area contributed by atoms with Crippen LogP contribution in [0.25, 0.3) is 0 Å². The molecule has 3 N–H and O–H groups in total. The number of anilines is 1. The number of aromatic hydroxyl groups is 1. The fourth-order valence-electron chi connectivity index (χ4n) is 2.42. The molecule has 1 atom stereocenters. The molecule has 0 aliphatic rings. The minimum Gasteiger partial charge on any atom is -0.502 e. The van der Waals surface area contributed by atoms with E-state index in [-0.39, 0.29) is 29.3 Å². The van der Waals surface area contributed by atoms with Crippen LogP contribution in [-0.2, 0) is 4.57 Å². The van der Waals surface area contributed by atoms with Crippen LogP contribution in [0.2, 0.25) is 0 Å². The van der Waals surface area contributed by atoms with Crippen molar-refractivity contribution in [3.8, 4) is 23.0 Å². The number of ether oxygens (including phenoxy) is 2. The molecule has 0 amide bonds. The van der Waals surface area contributed by atoms with E-state index in [0.717, 1.165) is 0 Å². The van der Waals surface area contributed by atoms with Gasteiger partial charge in [-0.05, 0) is 26.0 Å². The second-order valence-corrected chi connectivity index (χ2v) is 7.07. The summed E-state index contributed by atoms with van der Waals surface area (Å²) in [6.07, 6.45) is 2.81. The number of nitrogens with zero attached hydrogens (tertiary/aromatic N) is 1. The van der Waals surface area contributed by atoms with E-state index in [1.165, 1.54) is 20.4 Å². The number of methoxy groups -OCH3 is 2. The van der Waals surface area contributed by atoms with Gasteiger partial charge in [-0.1, -0.05) is 0 Å². The highest BCUT2D eigenvalue weighted by Crippen LogP contribution is 2.52. The van der Waals surface area contributed by atoms with Crippen molar-refractivity contribution in [2.24, 2.45) is 0 Å². The lowest BCUT2D eigenvalue weighted by Crippen LogP contribution is -2.08. The van der Waals surface area contributed by atoms with Gasteiger partial charge in [-0.25, -0.2) is 4.57 Å². The molecule has 0 aliphatic carbocycles. The summed E-state index contributed by atoms with van der Waals surface area (Å²) in [6.45, 7) is 3.24. The molecule has 1 heterocycles. The summed E-state index contributed by atoms with van der Waals surface area (Å²) in [6, 6.07) is 3.42. The third kappa shape index (κ3) is 4.15. The lowest BCUT2D eigenvalue weighted by Gasteiger charge is -2.21. The zero-order valence-electron chi connectivity index (χ0n) is 14.4. The Balaban J connectivity index is 2.30. The Morgan fingerprint density at radius 3 is 2.24 bits per heavy atom. The predicted octanol–water partition coefficient (Wildman–Crippen LogP) is 3.06. The smallest absolute Gasteiger partial charge is 0.395 e. The highest BCUT2D eigenvalue weighted by molar-refractivity contribution is 7.53. The highest BCUT2D eigenvalue weighted by atomic mass is 31.2. The predicted molar refractivity (Wildman–Crippen MR) is 93.9 cm³/mol. The van der Waals surface area contributed by atoms with E-state index in [4.69, 9.17) is 14.0 Å². The normalized spacial score (nSPS) is 13.0. The van der Waals surface area contributed by atoms with Crippen LogP contribution in [0.4, 0.5) is 5.69 Å². The average molecular weight is 368 g/mol. The molecule has 0 aliphatic heterocycles. The molecule has 0 spiro atoms. The van der Waals surface area contributed by atoms with Crippen LogP contribution in [0.15, 0.2) is 24.5 Å². The number of aromatic nitrogens is 1. The zero-order chi connectivity index (χ0) is 18.6. The Bertz CT molecular complexity index is 766. The third-order valence-electron chi connectivity index (χ3n) is 3.58. The van der Waals surface area contributed by atoms with E-state index in [2.05, 4.69) is 10.3 Å². The molecule has 1 aromatic heterocycles. The van der Waals surface area contributed by atoms with Crippen molar-refractivity contribution in [1.82, 2.24) is 4.98 Å². The van der Waals surface area contributed by atoms with Crippen molar-refractivity contribution in [2.75, 3.05) is 25.8 Å². The van der Waals surface area contributed by atoms with E-state index < -0.39 is 7.60 Å². The molecule has 136 valence electrons. The van der Waals surface area contributed by atoms with Gasteiger partial charge in [0.2, 0.25) is 5.75 Å². The number of hydrogen-bond donors (Lipinski definition) is 3. The molecule has 2 rings (SSSR count). The van der Waals surface area contributed by atoms with Crippen molar-refractivity contribution in [2.45, 2.75) is 13.8 Å². The number of hydrogen-bond acceptors (Lipinski definition) is 7. The first-order chi connectivity index (χ1) is 11.8. The lowest BCUT2D eigenvalue weighted by atomic mass is 10.1. The molecule has 1 unspecified atom stereocenters. The van der Waals surface area contributed by atoms with Gasteiger partial charge in [0.05, 0.1) is 19.9 Å². The Morgan fingerprint density at radius 1 is 1.16 bits per heavy atom. The van der Waals surface area contributed by atoms with Gasteiger partial charge in [0.1, 0.15) is 12.0 Å². The summed E-state index contributed by atoms with van der Waals surface area (Å²) in [5, 5.41) is 13.0. The molecule has 0 saturated carbocycles. The summed E-state index contributed by atoms with van der Waals surface area (Å²) in [4.78, 5) is 14.1. The second kappa shape index (κ2) is 7.63. The Kier molecular flexibility index (Phi) is 5.77. The summed E-state index contributed by atoms with van der Waals surface area (Å²) < 4.78 is 28.1. The first-order valence-corrected chi connectivity index (χ1v) is 9.16. The second-order valence-electron chi connectivity index (χ2n) is 5.30. The minimum absolute atomic E-state index is 0.123. The SMILES string of the molecule is COc1c(C)c(OP(=O)(O)CNc2cccnc2)c(C)c(OC)c1O. The topological polar surface area (TPSA) is 110 Å². The summed E-state index contributed by atoms with van der Waals surface area (Å²) in [5.74, 6) is 0.189. The number of pyridine rings is 1. The maximum absolute atomic E-state index is 12.5. The van der Waals surface area contributed by atoms with Crippen molar-refractivity contribution in [1.29, 1.82) is 0 Å². The van der Waals surface area contributed by atoms with Gasteiger partial charge in [-0.15, -0.1) is 0 Å². The molecular weight excluding hydrogens is 347 g/mol. The van der Waals surface area contributed by atoms with E-state index in [0.29, 0.717) is 16.8 Å². The number of phenols is 1. The van der Waals surface area contributed by atoms with Gasteiger partial charge in [0.25, 0.3) is 0 Å².